The van der Waals surface area contributed by atoms with Crippen LogP contribution in [0.2, 0.25) is 0 Å². The molecule has 0 radical (unpaired) electrons. The van der Waals surface area contributed by atoms with E-state index in [9.17, 15) is 8.78 Å². The predicted molar refractivity (Wildman–Crippen MR) is 64.2 cm³/mol. The molecule has 0 unspecified atom stereocenters. The minimum atomic E-state index is -0.700. The van der Waals surface area contributed by atoms with Crippen LogP contribution in [0.3, 0.4) is 0 Å². The van der Waals surface area contributed by atoms with E-state index in [1.165, 1.54) is 0 Å². The number of hydrogen-bond acceptors (Lipinski definition) is 3. The lowest BCUT2D eigenvalue weighted by atomic mass is 10.2. The Morgan fingerprint density at radius 1 is 1.33 bits per heavy atom. The maximum atomic E-state index is 13.4. The zero-order valence-corrected chi connectivity index (χ0v) is 10.5. The van der Waals surface area contributed by atoms with Crippen LogP contribution in [0.4, 0.5) is 14.6 Å². The van der Waals surface area contributed by atoms with Crippen molar-refractivity contribution < 1.29 is 8.78 Å². The first kappa shape index (κ1) is 12.5. The third kappa shape index (κ3) is 2.32. The largest absolute Gasteiger partial charge is 0.363 e. The van der Waals surface area contributed by atoms with Crippen molar-refractivity contribution >= 4 is 5.82 Å². The maximum absolute atomic E-state index is 13.4. The number of nitrogens with one attached hydrogen (secondary N) is 1. The third-order valence-electron chi connectivity index (χ3n) is 2.90. The molecule has 6 heteroatoms. The summed E-state index contributed by atoms with van der Waals surface area (Å²) in [6, 6.07) is 0.804. The number of hydrogen-bond donors (Lipinski definition) is 1. The van der Waals surface area contributed by atoms with Crippen LogP contribution >= 0.6 is 0 Å². The summed E-state index contributed by atoms with van der Waals surface area (Å²) in [4.78, 5) is 3.67. The number of halogens is 2. The Labute approximate surface area is 104 Å². The van der Waals surface area contributed by atoms with Crippen molar-refractivity contribution in [1.29, 1.82) is 0 Å². The molecule has 2 rings (SSSR count). The molecule has 1 N–H and O–H groups in total. The molecular weight excluding hydrogens is 238 g/mol. The number of aryl methyl sites for hydroxylation is 2. The highest BCUT2D eigenvalue weighted by molar-refractivity contribution is 5.38. The topological polar surface area (TPSA) is 42.7 Å². The van der Waals surface area contributed by atoms with Crippen LogP contribution < -0.4 is 5.32 Å². The van der Waals surface area contributed by atoms with Crippen LogP contribution in [0.15, 0.2) is 12.3 Å². The fourth-order valence-electron chi connectivity index (χ4n) is 1.79. The van der Waals surface area contributed by atoms with Crippen LogP contribution in [0.5, 0.6) is 0 Å². The minimum Gasteiger partial charge on any atom is -0.363 e. The van der Waals surface area contributed by atoms with Gasteiger partial charge in [-0.1, -0.05) is 0 Å². The van der Waals surface area contributed by atoms with Crippen molar-refractivity contribution in [3.8, 4) is 0 Å². The molecule has 0 amide bonds. The molecule has 18 heavy (non-hydrogen) atoms. The summed E-state index contributed by atoms with van der Waals surface area (Å²) < 4.78 is 27.8. The Kier molecular flexibility index (Phi) is 3.27. The first-order chi connectivity index (χ1) is 8.49. The Morgan fingerprint density at radius 2 is 2.06 bits per heavy atom. The lowest BCUT2D eigenvalue weighted by molar-refractivity contribution is 0.575. The Bertz CT molecular complexity index is 578. The quantitative estimate of drug-likeness (QED) is 0.911. The zero-order chi connectivity index (χ0) is 13.3. The third-order valence-corrected chi connectivity index (χ3v) is 2.90. The molecule has 0 aliphatic rings. The molecule has 4 nitrogen and oxygen atoms in total. The van der Waals surface area contributed by atoms with Gasteiger partial charge in [-0.3, -0.25) is 4.68 Å². The average Bonchev–Trinajstić information content (AvgIpc) is 2.53. The molecule has 96 valence electrons. The summed E-state index contributed by atoms with van der Waals surface area (Å²) in [5, 5.41) is 7.11. The van der Waals surface area contributed by atoms with Gasteiger partial charge >= 0.3 is 0 Å². The molecule has 2 aromatic rings. The summed E-state index contributed by atoms with van der Waals surface area (Å²) in [5.41, 5.74) is 2.87. The van der Waals surface area contributed by atoms with E-state index in [4.69, 9.17) is 0 Å². The van der Waals surface area contributed by atoms with Crippen LogP contribution in [-0.2, 0) is 13.6 Å². The van der Waals surface area contributed by atoms with E-state index in [0.717, 1.165) is 29.2 Å². The first-order valence-electron chi connectivity index (χ1n) is 5.53. The molecule has 0 spiro atoms. The Balaban J connectivity index is 2.16. The van der Waals surface area contributed by atoms with Crippen molar-refractivity contribution in [3.63, 3.8) is 0 Å². The molecule has 0 fully saturated rings. The van der Waals surface area contributed by atoms with Gasteiger partial charge in [0.25, 0.3) is 0 Å². The molecule has 0 saturated heterocycles. The highest BCUT2D eigenvalue weighted by Gasteiger charge is 2.11. The van der Waals surface area contributed by atoms with E-state index in [1.807, 2.05) is 20.9 Å². The first-order valence-corrected chi connectivity index (χ1v) is 5.53. The van der Waals surface area contributed by atoms with Gasteiger partial charge < -0.3 is 5.32 Å². The van der Waals surface area contributed by atoms with Gasteiger partial charge in [-0.2, -0.15) is 5.10 Å². The van der Waals surface area contributed by atoms with Crippen molar-refractivity contribution in [2.45, 2.75) is 20.4 Å². The van der Waals surface area contributed by atoms with Gasteiger partial charge in [0, 0.05) is 30.9 Å². The van der Waals surface area contributed by atoms with Crippen molar-refractivity contribution in [2.75, 3.05) is 5.32 Å². The van der Waals surface area contributed by atoms with Gasteiger partial charge in [0.2, 0.25) is 0 Å². The molecule has 0 atom stereocenters. The van der Waals surface area contributed by atoms with Crippen molar-refractivity contribution in [2.24, 2.45) is 7.05 Å². The normalized spacial score (nSPS) is 10.7. The second-order valence-corrected chi connectivity index (χ2v) is 4.11. The van der Waals surface area contributed by atoms with E-state index in [2.05, 4.69) is 15.4 Å². The highest BCUT2D eigenvalue weighted by Crippen LogP contribution is 2.16. The fourth-order valence-corrected chi connectivity index (χ4v) is 1.79. The second-order valence-electron chi connectivity index (χ2n) is 4.11. The van der Waals surface area contributed by atoms with Crippen LogP contribution in [0.1, 0.15) is 17.0 Å². The van der Waals surface area contributed by atoms with E-state index >= 15 is 0 Å². The van der Waals surface area contributed by atoms with E-state index in [0.29, 0.717) is 6.54 Å². The summed E-state index contributed by atoms with van der Waals surface area (Å²) in [7, 11) is 1.85. The highest BCUT2D eigenvalue weighted by atomic mass is 19.1. The van der Waals surface area contributed by atoms with Gasteiger partial charge in [-0.15, -0.1) is 0 Å². The molecule has 2 aromatic heterocycles. The smallest absolute Gasteiger partial charge is 0.168 e. The number of pyridine rings is 1. The maximum Gasteiger partial charge on any atom is 0.168 e. The number of anilines is 1. The van der Waals surface area contributed by atoms with Gasteiger partial charge in [-0.05, 0) is 13.8 Å². The number of nitrogens with zero attached hydrogens (tertiary/aromatic N) is 3. The van der Waals surface area contributed by atoms with Gasteiger partial charge in [0.1, 0.15) is 5.82 Å². The summed E-state index contributed by atoms with van der Waals surface area (Å²) >= 11 is 0. The number of rotatable bonds is 3. The zero-order valence-electron chi connectivity index (χ0n) is 10.5. The van der Waals surface area contributed by atoms with E-state index in [-0.39, 0.29) is 5.82 Å². The summed E-state index contributed by atoms with van der Waals surface area (Å²) in [6.45, 7) is 4.23. The predicted octanol–water partition coefficient (Wildman–Crippen LogP) is 2.32. The van der Waals surface area contributed by atoms with Crippen LogP contribution in [-0.4, -0.2) is 14.8 Å². The molecule has 0 aromatic carbocycles. The van der Waals surface area contributed by atoms with Gasteiger partial charge in [0.15, 0.2) is 11.6 Å². The molecule has 0 bridgehead atoms. The standard InChI is InChI=1S/C12H14F2N4/c1-7-10(8(2)18(3)17-7)6-16-12-11(14)4-9(13)5-15-12/h4-5H,6H2,1-3H3,(H,15,16). The van der Waals surface area contributed by atoms with Crippen molar-refractivity contribution in [3.05, 3.63) is 40.8 Å². The van der Waals surface area contributed by atoms with Gasteiger partial charge in [0.05, 0.1) is 11.9 Å². The monoisotopic (exact) mass is 252 g/mol. The Morgan fingerprint density at radius 3 is 2.61 bits per heavy atom. The van der Waals surface area contributed by atoms with Gasteiger partial charge in [-0.25, -0.2) is 13.8 Å². The fraction of sp³-hybridized carbons (Fsp3) is 0.333. The second kappa shape index (κ2) is 4.72. The summed E-state index contributed by atoms with van der Waals surface area (Å²) in [5.74, 6) is -1.35. The average molecular weight is 252 g/mol. The summed E-state index contributed by atoms with van der Waals surface area (Å²) in [6.07, 6.45) is 0.981. The molecule has 0 aliphatic heterocycles. The van der Waals surface area contributed by atoms with Crippen molar-refractivity contribution in [1.82, 2.24) is 14.8 Å². The van der Waals surface area contributed by atoms with E-state index < -0.39 is 11.6 Å². The van der Waals surface area contributed by atoms with E-state index in [1.54, 1.807) is 4.68 Å². The van der Waals surface area contributed by atoms with Crippen LogP contribution in [0.25, 0.3) is 0 Å². The van der Waals surface area contributed by atoms with Crippen LogP contribution in [0, 0.1) is 25.5 Å². The molecule has 2 heterocycles. The lowest BCUT2D eigenvalue weighted by Crippen LogP contribution is -2.06. The SMILES string of the molecule is Cc1nn(C)c(C)c1CNc1ncc(F)cc1F. The molecule has 0 aliphatic carbocycles. The lowest BCUT2D eigenvalue weighted by Gasteiger charge is -2.07. The molecular formula is C12H14F2N4. The molecule has 0 saturated carbocycles. The minimum absolute atomic E-state index is 0.0408. The Hall–Kier alpha value is -1.98. The number of aromatic nitrogens is 3.